The van der Waals surface area contributed by atoms with Crippen molar-refractivity contribution in [2.24, 2.45) is 0 Å². The molecule has 0 radical (unpaired) electrons. The number of ether oxygens (including phenoxy) is 1. The van der Waals surface area contributed by atoms with Crippen LogP contribution in [0, 0.1) is 0 Å². The van der Waals surface area contributed by atoms with Gasteiger partial charge in [0.1, 0.15) is 12.3 Å². The van der Waals surface area contributed by atoms with E-state index in [-0.39, 0.29) is 11.9 Å². The minimum atomic E-state index is -0.301. The maximum Gasteiger partial charge on any atom is 0.287 e. The Balaban J connectivity index is 1.61. The number of fused-ring (bicyclic) bond motifs is 1. The van der Waals surface area contributed by atoms with Gasteiger partial charge in [-0.25, -0.2) is 0 Å². The zero-order chi connectivity index (χ0) is 20.2. The number of carbonyl (C=O) groups is 1. The number of quaternary nitrogens is 1. The van der Waals surface area contributed by atoms with Crippen molar-refractivity contribution in [2.45, 2.75) is 19.0 Å². The van der Waals surface area contributed by atoms with Crippen LogP contribution in [0.1, 0.15) is 22.7 Å². The SMILES string of the molecule is COc1ccc(NC(=O)[C@@H](c2ccccc2)[NH+]2CCc3ccccc3C2)cc1Cl. The summed E-state index contributed by atoms with van der Waals surface area (Å²) in [4.78, 5) is 14.6. The van der Waals surface area contributed by atoms with Crippen molar-refractivity contribution in [3.8, 4) is 5.75 Å². The second-order valence-corrected chi connectivity index (χ2v) is 7.69. The van der Waals surface area contributed by atoms with Gasteiger partial charge < -0.3 is 15.0 Å². The van der Waals surface area contributed by atoms with Gasteiger partial charge in [-0.05, 0) is 23.8 Å². The lowest BCUT2D eigenvalue weighted by Gasteiger charge is -2.32. The smallest absolute Gasteiger partial charge is 0.287 e. The van der Waals surface area contributed by atoms with Crippen molar-refractivity contribution in [3.05, 3.63) is 94.5 Å². The summed E-state index contributed by atoms with van der Waals surface area (Å²) in [6, 6.07) is 23.5. The lowest BCUT2D eigenvalue weighted by atomic mass is 9.96. The Morgan fingerprint density at radius 1 is 1.03 bits per heavy atom. The maximum absolute atomic E-state index is 13.4. The molecule has 0 aliphatic carbocycles. The molecule has 5 heteroatoms. The van der Waals surface area contributed by atoms with Gasteiger partial charge in [-0.2, -0.15) is 0 Å². The highest BCUT2D eigenvalue weighted by Gasteiger charge is 2.34. The van der Waals surface area contributed by atoms with E-state index in [1.807, 2.05) is 36.4 Å². The summed E-state index contributed by atoms with van der Waals surface area (Å²) in [5.41, 5.74) is 4.37. The highest BCUT2D eigenvalue weighted by Crippen LogP contribution is 2.27. The minimum Gasteiger partial charge on any atom is -0.495 e. The molecule has 0 saturated heterocycles. The summed E-state index contributed by atoms with van der Waals surface area (Å²) in [6.07, 6.45) is 0.969. The van der Waals surface area contributed by atoms with Gasteiger partial charge in [-0.3, -0.25) is 4.79 Å². The molecular formula is C24H24ClN2O2+. The molecule has 3 aromatic carbocycles. The van der Waals surface area contributed by atoms with E-state index in [0.29, 0.717) is 16.5 Å². The van der Waals surface area contributed by atoms with E-state index in [4.69, 9.17) is 16.3 Å². The first-order valence-corrected chi connectivity index (χ1v) is 10.1. The molecule has 0 bridgehead atoms. The van der Waals surface area contributed by atoms with Gasteiger partial charge in [0.05, 0.1) is 18.7 Å². The molecule has 3 aromatic rings. The number of nitrogens with one attached hydrogen (secondary N) is 2. The van der Waals surface area contributed by atoms with Gasteiger partial charge in [0.15, 0.2) is 6.04 Å². The highest BCUT2D eigenvalue weighted by atomic mass is 35.5. The lowest BCUT2D eigenvalue weighted by molar-refractivity contribution is -0.937. The van der Waals surface area contributed by atoms with Crippen molar-refractivity contribution >= 4 is 23.2 Å². The van der Waals surface area contributed by atoms with Crippen LogP contribution in [0.25, 0.3) is 0 Å². The van der Waals surface area contributed by atoms with Gasteiger partial charge >= 0.3 is 0 Å². The van der Waals surface area contributed by atoms with Crippen LogP contribution in [0.5, 0.6) is 5.75 Å². The molecule has 0 saturated carbocycles. The molecule has 1 aliphatic heterocycles. The Hall–Kier alpha value is -2.82. The molecule has 1 heterocycles. The summed E-state index contributed by atoms with van der Waals surface area (Å²) in [7, 11) is 1.57. The Morgan fingerprint density at radius 3 is 2.48 bits per heavy atom. The van der Waals surface area contributed by atoms with Crippen LogP contribution in [-0.4, -0.2) is 19.6 Å². The number of methoxy groups -OCH3 is 1. The summed E-state index contributed by atoms with van der Waals surface area (Å²) < 4.78 is 5.20. The molecule has 4 nitrogen and oxygen atoms in total. The number of amides is 1. The normalized spacial score (nSPS) is 16.6. The van der Waals surface area contributed by atoms with E-state index in [9.17, 15) is 4.79 Å². The summed E-state index contributed by atoms with van der Waals surface area (Å²) in [5.74, 6) is 0.550. The topological polar surface area (TPSA) is 42.8 Å². The molecule has 4 rings (SSSR count). The number of halogens is 1. The summed E-state index contributed by atoms with van der Waals surface area (Å²) in [6.45, 7) is 1.74. The predicted molar refractivity (Wildman–Crippen MR) is 115 cm³/mol. The number of hydrogen-bond donors (Lipinski definition) is 2. The molecule has 0 aromatic heterocycles. The fraction of sp³-hybridized carbons (Fsp3) is 0.208. The van der Waals surface area contributed by atoms with E-state index in [2.05, 4.69) is 29.6 Å². The van der Waals surface area contributed by atoms with E-state index in [0.717, 1.165) is 25.1 Å². The Morgan fingerprint density at radius 2 is 1.76 bits per heavy atom. The lowest BCUT2D eigenvalue weighted by Crippen LogP contribution is -3.13. The van der Waals surface area contributed by atoms with Crippen LogP contribution >= 0.6 is 11.6 Å². The van der Waals surface area contributed by atoms with Crippen LogP contribution < -0.4 is 15.0 Å². The van der Waals surface area contributed by atoms with Crippen molar-refractivity contribution in [2.75, 3.05) is 19.0 Å². The average Bonchev–Trinajstić information content (AvgIpc) is 2.75. The fourth-order valence-electron chi connectivity index (χ4n) is 4.03. The molecule has 2 atom stereocenters. The quantitative estimate of drug-likeness (QED) is 0.677. The third-order valence-corrected chi connectivity index (χ3v) is 5.77. The summed E-state index contributed by atoms with van der Waals surface area (Å²) >= 11 is 6.23. The molecule has 29 heavy (non-hydrogen) atoms. The monoisotopic (exact) mass is 407 g/mol. The van der Waals surface area contributed by atoms with Crippen molar-refractivity contribution < 1.29 is 14.4 Å². The minimum absolute atomic E-state index is 0.0354. The first-order chi connectivity index (χ1) is 14.2. The predicted octanol–water partition coefficient (Wildman–Crippen LogP) is 3.67. The van der Waals surface area contributed by atoms with Gasteiger partial charge in [0, 0.05) is 23.2 Å². The van der Waals surface area contributed by atoms with Crippen LogP contribution in [0.3, 0.4) is 0 Å². The Labute approximate surface area is 176 Å². The number of rotatable bonds is 5. The highest BCUT2D eigenvalue weighted by molar-refractivity contribution is 6.32. The van der Waals surface area contributed by atoms with Crippen LogP contribution in [-0.2, 0) is 17.8 Å². The number of anilines is 1. The standard InChI is InChI=1S/C24H23ClN2O2/c1-29-22-12-11-20(15-21(22)25)26-24(28)23(18-8-3-2-4-9-18)27-14-13-17-7-5-6-10-19(17)16-27/h2-12,15,23H,13-14,16H2,1H3,(H,26,28)/p+1/t23-/m1/s1. The average molecular weight is 408 g/mol. The second kappa shape index (κ2) is 8.68. The largest absolute Gasteiger partial charge is 0.495 e. The molecule has 2 N–H and O–H groups in total. The number of carbonyl (C=O) groups excluding carboxylic acids is 1. The Kier molecular flexibility index (Phi) is 5.84. The van der Waals surface area contributed by atoms with Gasteiger partial charge in [0.25, 0.3) is 5.91 Å². The van der Waals surface area contributed by atoms with Crippen molar-refractivity contribution in [1.29, 1.82) is 0 Å². The zero-order valence-electron chi connectivity index (χ0n) is 16.3. The maximum atomic E-state index is 13.4. The molecule has 0 fully saturated rings. The van der Waals surface area contributed by atoms with Crippen molar-refractivity contribution in [1.82, 2.24) is 0 Å². The van der Waals surface area contributed by atoms with E-state index < -0.39 is 0 Å². The van der Waals surface area contributed by atoms with Crippen LogP contribution in [0.15, 0.2) is 72.8 Å². The van der Waals surface area contributed by atoms with Crippen molar-refractivity contribution in [3.63, 3.8) is 0 Å². The van der Waals surface area contributed by atoms with Gasteiger partial charge in [0.2, 0.25) is 0 Å². The third kappa shape index (κ3) is 4.29. The molecule has 1 aliphatic rings. The van der Waals surface area contributed by atoms with E-state index in [1.54, 1.807) is 19.2 Å². The zero-order valence-corrected chi connectivity index (χ0v) is 17.1. The molecule has 0 spiro atoms. The van der Waals surface area contributed by atoms with Gasteiger partial charge in [-0.15, -0.1) is 0 Å². The number of benzene rings is 3. The fourth-order valence-corrected chi connectivity index (χ4v) is 4.28. The third-order valence-electron chi connectivity index (χ3n) is 5.47. The molecular weight excluding hydrogens is 384 g/mol. The van der Waals surface area contributed by atoms with Crippen LogP contribution in [0.2, 0.25) is 5.02 Å². The Bertz CT molecular complexity index is 1010. The first kappa shape index (κ1) is 19.5. The van der Waals surface area contributed by atoms with Gasteiger partial charge in [-0.1, -0.05) is 66.2 Å². The second-order valence-electron chi connectivity index (χ2n) is 7.29. The number of hydrogen-bond acceptors (Lipinski definition) is 2. The first-order valence-electron chi connectivity index (χ1n) is 9.76. The molecule has 1 amide bonds. The van der Waals surface area contributed by atoms with E-state index >= 15 is 0 Å². The molecule has 148 valence electrons. The van der Waals surface area contributed by atoms with Crippen LogP contribution in [0.4, 0.5) is 5.69 Å². The summed E-state index contributed by atoms with van der Waals surface area (Å²) in [5, 5.41) is 3.53. The molecule has 1 unspecified atom stereocenters. The van der Waals surface area contributed by atoms with E-state index in [1.165, 1.54) is 16.0 Å².